The van der Waals surface area contributed by atoms with Gasteiger partial charge in [0.1, 0.15) is 0 Å². The van der Waals surface area contributed by atoms with Crippen molar-refractivity contribution in [1.82, 2.24) is 10.6 Å². The van der Waals surface area contributed by atoms with Crippen LogP contribution in [0.1, 0.15) is 13.8 Å². The minimum Gasteiger partial charge on any atom is -0.382 e. The van der Waals surface area contributed by atoms with E-state index in [1.165, 1.54) is 0 Å². The molecule has 14 heavy (non-hydrogen) atoms. The van der Waals surface area contributed by atoms with Crippen LogP contribution in [0.4, 0.5) is 0 Å². The van der Waals surface area contributed by atoms with Gasteiger partial charge < -0.3 is 15.4 Å². The maximum absolute atomic E-state index is 11.3. The van der Waals surface area contributed by atoms with Crippen LogP contribution in [0.5, 0.6) is 0 Å². The molecule has 0 atom stereocenters. The summed E-state index contributed by atoms with van der Waals surface area (Å²) in [6, 6.07) is 0. The lowest BCUT2D eigenvalue weighted by Crippen LogP contribution is -2.49. The van der Waals surface area contributed by atoms with E-state index >= 15 is 0 Å². The van der Waals surface area contributed by atoms with Gasteiger partial charge in [-0.1, -0.05) is 6.08 Å². The van der Waals surface area contributed by atoms with Crippen LogP contribution in [0, 0.1) is 0 Å². The second-order valence-electron chi connectivity index (χ2n) is 3.78. The van der Waals surface area contributed by atoms with Crippen molar-refractivity contribution in [1.29, 1.82) is 0 Å². The van der Waals surface area contributed by atoms with Gasteiger partial charge in [0.25, 0.3) is 0 Å². The molecule has 0 aromatic heterocycles. The van der Waals surface area contributed by atoms with Gasteiger partial charge in [0.2, 0.25) is 5.91 Å². The van der Waals surface area contributed by atoms with E-state index < -0.39 is 0 Å². The summed E-state index contributed by atoms with van der Waals surface area (Å²) in [5.41, 5.74) is -0.318. The monoisotopic (exact) mass is 200 g/mol. The van der Waals surface area contributed by atoms with Crippen LogP contribution in [0.3, 0.4) is 0 Å². The van der Waals surface area contributed by atoms with Gasteiger partial charge in [0.15, 0.2) is 0 Å². The molecule has 0 saturated heterocycles. The Bertz CT molecular complexity index is 191. The number of hydrogen-bond acceptors (Lipinski definition) is 3. The van der Waals surface area contributed by atoms with Gasteiger partial charge in [-0.25, -0.2) is 0 Å². The SMILES string of the molecule is C=CCNCC(=O)NC(C)(C)COC. The summed E-state index contributed by atoms with van der Waals surface area (Å²) in [6.07, 6.45) is 1.72. The lowest BCUT2D eigenvalue weighted by atomic mass is 10.1. The number of nitrogens with one attached hydrogen (secondary N) is 2. The Kier molecular flexibility index (Phi) is 6.16. The molecular formula is C10H20N2O2. The van der Waals surface area contributed by atoms with Crippen molar-refractivity contribution in [2.45, 2.75) is 19.4 Å². The molecule has 0 saturated carbocycles. The third-order valence-electron chi connectivity index (χ3n) is 1.56. The number of ether oxygens (including phenoxy) is 1. The Hall–Kier alpha value is -0.870. The molecule has 0 rings (SSSR count). The van der Waals surface area contributed by atoms with E-state index in [9.17, 15) is 4.79 Å². The molecule has 0 aromatic carbocycles. The van der Waals surface area contributed by atoms with Crippen molar-refractivity contribution in [2.24, 2.45) is 0 Å². The highest BCUT2D eigenvalue weighted by Gasteiger charge is 2.19. The first-order valence-electron chi connectivity index (χ1n) is 4.63. The first kappa shape index (κ1) is 13.1. The van der Waals surface area contributed by atoms with Gasteiger partial charge in [-0.3, -0.25) is 4.79 Å². The van der Waals surface area contributed by atoms with E-state index in [2.05, 4.69) is 17.2 Å². The molecule has 4 nitrogen and oxygen atoms in total. The van der Waals surface area contributed by atoms with Gasteiger partial charge in [-0.15, -0.1) is 6.58 Å². The highest BCUT2D eigenvalue weighted by atomic mass is 16.5. The molecule has 0 bridgehead atoms. The number of hydrogen-bond donors (Lipinski definition) is 2. The molecule has 0 aliphatic heterocycles. The molecule has 0 aliphatic rings. The van der Waals surface area contributed by atoms with Crippen molar-refractivity contribution in [2.75, 3.05) is 26.8 Å². The van der Waals surface area contributed by atoms with Crippen LogP contribution in [0.2, 0.25) is 0 Å². The zero-order valence-electron chi connectivity index (χ0n) is 9.22. The Labute approximate surface area is 85.7 Å². The first-order valence-corrected chi connectivity index (χ1v) is 4.63. The lowest BCUT2D eigenvalue weighted by molar-refractivity contribution is -0.122. The zero-order valence-corrected chi connectivity index (χ0v) is 9.22. The summed E-state index contributed by atoms with van der Waals surface area (Å²) in [7, 11) is 1.61. The Morgan fingerprint density at radius 1 is 1.57 bits per heavy atom. The average molecular weight is 200 g/mol. The Morgan fingerprint density at radius 2 is 2.21 bits per heavy atom. The molecule has 1 amide bonds. The normalized spacial score (nSPS) is 11.1. The van der Waals surface area contributed by atoms with E-state index in [0.717, 1.165) is 0 Å². The number of methoxy groups -OCH3 is 1. The highest BCUT2D eigenvalue weighted by molar-refractivity contribution is 5.78. The van der Waals surface area contributed by atoms with Crippen molar-refractivity contribution >= 4 is 5.91 Å². The smallest absolute Gasteiger partial charge is 0.234 e. The van der Waals surface area contributed by atoms with E-state index in [4.69, 9.17) is 4.74 Å². The van der Waals surface area contributed by atoms with E-state index in [1.807, 2.05) is 13.8 Å². The number of amides is 1. The second-order valence-corrected chi connectivity index (χ2v) is 3.78. The van der Waals surface area contributed by atoms with Crippen LogP contribution >= 0.6 is 0 Å². The molecule has 2 N–H and O–H groups in total. The van der Waals surface area contributed by atoms with E-state index in [1.54, 1.807) is 13.2 Å². The van der Waals surface area contributed by atoms with Crippen LogP contribution in [0.15, 0.2) is 12.7 Å². The molecule has 0 aliphatic carbocycles. The zero-order chi connectivity index (χ0) is 11.0. The lowest BCUT2D eigenvalue weighted by Gasteiger charge is -2.25. The van der Waals surface area contributed by atoms with Gasteiger partial charge in [-0.2, -0.15) is 0 Å². The molecule has 0 heterocycles. The Balaban J connectivity index is 3.74. The molecule has 82 valence electrons. The fourth-order valence-corrected chi connectivity index (χ4v) is 1.11. The maximum atomic E-state index is 11.3. The molecule has 4 heteroatoms. The fraction of sp³-hybridized carbons (Fsp3) is 0.700. The van der Waals surface area contributed by atoms with Crippen molar-refractivity contribution < 1.29 is 9.53 Å². The molecule has 0 unspecified atom stereocenters. The topological polar surface area (TPSA) is 50.4 Å². The fourth-order valence-electron chi connectivity index (χ4n) is 1.11. The molecule has 0 aromatic rings. The standard InChI is InChI=1S/C10H20N2O2/c1-5-6-11-7-9(13)12-10(2,3)8-14-4/h5,11H,1,6-8H2,2-4H3,(H,12,13). The van der Waals surface area contributed by atoms with E-state index in [-0.39, 0.29) is 11.4 Å². The van der Waals surface area contributed by atoms with Crippen LogP contribution in [0.25, 0.3) is 0 Å². The molecular weight excluding hydrogens is 180 g/mol. The summed E-state index contributed by atoms with van der Waals surface area (Å²) in [6.45, 7) is 8.83. The third-order valence-corrected chi connectivity index (χ3v) is 1.56. The number of carbonyl (C=O) groups excluding carboxylic acids is 1. The highest BCUT2D eigenvalue weighted by Crippen LogP contribution is 2.00. The quantitative estimate of drug-likeness (QED) is 0.459. The van der Waals surface area contributed by atoms with Gasteiger partial charge in [0, 0.05) is 13.7 Å². The maximum Gasteiger partial charge on any atom is 0.234 e. The number of rotatable bonds is 7. The summed E-state index contributed by atoms with van der Waals surface area (Å²) in [4.78, 5) is 11.3. The summed E-state index contributed by atoms with van der Waals surface area (Å²) in [5.74, 6) is -0.0334. The Morgan fingerprint density at radius 3 is 2.71 bits per heavy atom. The van der Waals surface area contributed by atoms with E-state index in [0.29, 0.717) is 19.7 Å². The van der Waals surface area contributed by atoms with Gasteiger partial charge in [-0.05, 0) is 13.8 Å². The predicted molar refractivity (Wildman–Crippen MR) is 57.2 cm³/mol. The van der Waals surface area contributed by atoms with Gasteiger partial charge in [0.05, 0.1) is 18.7 Å². The summed E-state index contributed by atoms with van der Waals surface area (Å²) >= 11 is 0. The minimum atomic E-state index is -0.318. The average Bonchev–Trinajstić information content (AvgIpc) is 2.03. The summed E-state index contributed by atoms with van der Waals surface area (Å²) < 4.78 is 4.98. The minimum absolute atomic E-state index is 0.0334. The van der Waals surface area contributed by atoms with Crippen LogP contribution < -0.4 is 10.6 Å². The van der Waals surface area contributed by atoms with Crippen molar-refractivity contribution in [3.63, 3.8) is 0 Å². The molecule has 0 spiro atoms. The van der Waals surface area contributed by atoms with Crippen molar-refractivity contribution in [3.8, 4) is 0 Å². The van der Waals surface area contributed by atoms with Crippen molar-refractivity contribution in [3.05, 3.63) is 12.7 Å². The largest absolute Gasteiger partial charge is 0.382 e. The first-order chi connectivity index (χ1) is 6.52. The number of carbonyl (C=O) groups is 1. The predicted octanol–water partition coefficient (Wildman–Crippen LogP) is 0.303. The van der Waals surface area contributed by atoms with Crippen LogP contribution in [-0.2, 0) is 9.53 Å². The molecule has 0 fully saturated rings. The summed E-state index contributed by atoms with van der Waals surface area (Å²) in [5, 5.41) is 5.78. The third kappa shape index (κ3) is 6.62. The molecule has 0 radical (unpaired) electrons. The second kappa shape index (κ2) is 6.56. The van der Waals surface area contributed by atoms with Gasteiger partial charge >= 0.3 is 0 Å². The van der Waals surface area contributed by atoms with Crippen LogP contribution in [-0.4, -0.2) is 38.3 Å².